The molecule has 0 saturated carbocycles. The summed E-state index contributed by atoms with van der Waals surface area (Å²) in [6, 6.07) is 4.38. The number of hydrogen-bond acceptors (Lipinski definition) is 3. The summed E-state index contributed by atoms with van der Waals surface area (Å²) in [5.74, 6) is -0.120. The standard InChI is InChI=1S/C11H8ClF3O3/c12-7-3-1-2-5-4-6(10(16)17)9(11(13,14)15)18-8(5)7/h1-4,9-10,16-17H. The van der Waals surface area contributed by atoms with Crippen molar-refractivity contribution < 1.29 is 28.1 Å². The number of para-hydroxylation sites is 1. The van der Waals surface area contributed by atoms with Crippen molar-refractivity contribution in [3.05, 3.63) is 34.4 Å². The predicted octanol–water partition coefficient (Wildman–Crippen LogP) is 2.36. The molecule has 0 amide bonds. The van der Waals surface area contributed by atoms with Gasteiger partial charge in [0.25, 0.3) is 0 Å². The third-order valence-corrected chi connectivity index (χ3v) is 2.75. The van der Waals surface area contributed by atoms with Crippen LogP contribution in [-0.2, 0) is 0 Å². The van der Waals surface area contributed by atoms with Gasteiger partial charge in [-0.15, -0.1) is 0 Å². The molecule has 0 radical (unpaired) electrons. The molecule has 1 atom stereocenters. The first kappa shape index (κ1) is 13.2. The zero-order valence-corrected chi connectivity index (χ0v) is 9.53. The van der Waals surface area contributed by atoms with Gasteiger partial charge in [0.15, 0.2) is 6.29 Å². The number of alkyl halides is 3. The van der Waals surface area contributed by atoms with E-state index in [9.17, 15) is 13.2 Å². The summed E-state index contributed by atoms with van der Waals surface area (Å²) in [7, 11) is 0. The van der Waals surface area contributed by atoms with Crippen LogP contribution in [0.3, 0.4) is 0 Å². The minimum Gasteiger partial charge on any atom is -0.474 e. The van der Waals surface area contributed by atoms with Gasteiger partial charge < -0.3 is 14.9 Å². The zero-order chi connectivity index (χ0) is 13.5. The second kappa shape index (κ2) is 4.46. The summed E-state index contributed by atoms with van der Waals surface area (Å²) in [4.78, 5) is 0. The Morgan fingerprint density at radius 2 is 1.94 bits per heavy atom. The Morgan fingerprint density at radius 3 is 2.50 bits per heavy atom. The Labute approximate surface area is 105 Å². The lowest BCUT2D eigenvalue weighted by Crippen LogP contribution is -2.41. The van der Waals surface area contributed by atoms with Crippen molar-refractivity contribution in [2.75, 3.05) is 0 Å². The molecule has 0 spiro atoms. The quantitative estimate of drug-likeness (QED) is 0.777. The molecule has 0 aliphatic carbocycles. The van der Waals surface area contributed by atoms with Gasteiger partial charge in [-0.25, -0.2) is 0 Å². The molecule has 1 heterocycles. The first-order chi connectivity index (χ1) is 8.30. The van der Waals surface area contributed by atoms with Crippen molar-refractivity contribution in [2.45, 2.75) is 18.6 Å². The Morgan fingerprint density at radius 1 is 1.28 bits per heavy atom. The minimum absolute atomic E-state index is 0.0319. The van der Waals surface area contributed by atoms with Crippen LogP contribution in [0.4, 0.5) is 13.2 Å². The molecule has 18 heavy (non-hydrogen) atoms. The highest BCUT2D eigenvalue weighted by Crippen LogP contribution is 2.41. The van der Waals surface area contributed by atoms with E-state index in [1.54, 1.807) is 0 Å². The highest BCUT2D eigenvalue weighted by molar-refractivity contribution is 6.32. The van der Waals surface area contributed by atoms with Gasteiger partial charge in [-0.1, -0.05) is 23.7 Å². The normalized spacial score (nSPS) is 19.3. The van der Waals surface area contributed by atoms with Gasteiger partial charge >= 0.3 is 6.18 Å². The lowest BCUT2D eigenvalue weighted by atomic mass is 10.0. The molecule has 1 unspecified atom stereocenters. The summed E-state index contributed by atoms with van der Waals surface area (Å²) in [6.45, 7) is 0. The number of benzene rings is 1. The van der Waals surface area contributed by atoms with Crippen molar-refractivity contribution in [1.82, 2.24) is 0 Å². The van der Waals surface area contributed by atoms with E-state index in [1.165, 1.54) is 18.2 Å². The lowest BCUT2D eigenvalue weighted by Gasteiger charge is -2.30. The number of rotatable bonds is 1. The first-order valence-corrected chi connectivity index (χ1v) is 5.28. The maximum atomic E-state index is 12.7. The predicted molar refractivity (Wildman–Crippen MR) is 58.1 cm³/mol. The number of hydrogen-bond donors (Lipinski definition) is 2. The maximum Gasteiger partial charge on any atom is 0.429 e. The molecule has 1 aliphatic heterocycles. The van der Waals surface area contributed by atoms with E-state index in [2.05, 4.69) is 0 Å². The molecule has 1 aliphatic rings. The van der Waals surface area contributed by atoms with Crippen LogP contribution in [0.1, 0.15) is 5.56 Å². The minimum atomic E-state index is -4.76. The molecule has 3 nitrogen and oxygen atoms in total. The van der Waals surface area contributed by atoms with Crippen molar-refractivity contribution in [1.29, 1.82) is 0 Å². The van der Waals surface area contributed by atoms with Crippen molar-refractivity contribution >= 4 is 17.7 Å². The molecule has 1 aromatic carbocycles. The van der Waals surface area contributed by atoms with Crippen molar-refractivity contribution in [3.63, 3.8) is 0 Å². The van der Waals surface area contributed by atoms with Gasteiger partial charge in [0.05, 0.1) is 5.02 Å². The molecule has 0 fully saturated rings. The molecule has 98 valence electrons. The Bertz CT molecular complexity index is 497. The maximum absolute atomic E-state index is 12.7. The van der Waals surface area contributed by atoms with E-state index in [1.807, 2.05) is 0 Å². The number of halogens is 4. The average Bonchev–Trinajstić information content (AvgIpc) is 2.26. The van der Waals surface area contributed by atoms with Crippen LogP contribution in [-0.4, -0.2) is 28.8 Å². The molecule has 1 aromatic rings. The summed E-state index contributed by atoms with van der Waals surface area (Å²) in [5, 5.41) is 18.0. The highest BCUT2D eigenvalue weighted by Gasteiger charge is 2.48. The van der Waals surface area contributed by atoms with Crippen LogP contribution in [0.2, 0.25) is 5.02 Å². The van der Waals surface area contributed by atoms with E-state index in [4.69, 9.17) is 26.6 Å². The molecule has 2 rings (SSSR count). The first-order valence-electron chi connectivity index (χ1n) is 4.90. The molecule has 0 saturated heterocycles. The van der Waals surface area contributed by atoms with Crippen LogP contribution in [0.25, 0.3) is 6.08 Å². The van der Waals surface area contributed by atoms with Gasteiger partial charge in [0.1, 0.15) is 5.75 Å². The van der Waals surface area contributed by atoms with Crippen LogP contribution in [0.5, 0.6) is 5.75 Å². The topological polar surface area (TPSA) is 49.7 Å². The molecule has 2 N–H and O–H groups in total. The fourth-order valence-electron chi connectivity index (χ4n) is 1.67. The average molecular weight is 281 g/mol. The Balaban J connectivity index is 2.54. The van der Waals surface area contributed by atoms with Gasteiger partial charge in [-0.3, -0.25) is 0 Å². The number of fused-ring (bicyclic) bond motifs is 1. The summed E-state index contributed by atoms with van der Waals surface area (Å²) in [6.07, 6.45) is -8.39. The van der Waals surface area contributed by atoms with E-state index in [-0.39, 0.29) is 16.3 Å². The van der Waals surface area contributed by atoms with Gasteiger partial charge in [0.2, 0.25) is 6.10 Å². The van der Waals surface area contributed by atoms with Gasteiger partial charge in [-0.2, -0.15) is 13.2 Å². The van der Waals surface area contributed by atoms with E-state index >= 15 is 0 Å². The van der Waals surface area contributed by atoms with Crippen molar-refractivity contribution in [2.24, 2.45) is 0 Å². The lowest BCUT2D eigenvalue weighted by molar-refractivity contribution is -0.192. The largest absolute Gasteiger partial charge is 0.474 e. The molecule has 0 aromatic heterocycles. The van der Waals surface area contributed by atoms with Crippen LogP contribution in [0, 0.1) is 0 Å². The second-order valence-corrected chi connectivity index (χ2v) is 4.12. The number of ether oxygens (including phenoxy) is 1. The third-order valence-electron chi connectivity index (χ3n) is 2.45. The summed E-state index contributed by atoms with van der Waals surface area (Å²) in [5.41, 5.74) is -0.400. The number of aliphatic hydroxyl groups is 2. The van der Waals surface area contributed by atoms with E-state index < -0.39 is 24.1 Å². The molecule has 7 heteroatoms. The van der Waals surface area contributed by atoms with Crippen LogP contribution >= 0.6 is 11.6 Å². The molecular formula is C11H8ClF3O3. The zero-order valence-electron chi connectivity index (χ0n) is 8.78. The van der Waals surface area contributed by atoms with Gasteiger partial charge in [-0.05, 0) is 12.1 Å². The molecule has 0 bridgehead atoms. The summed E-state index contributed by atoms with van der Waals surface area (Å²) < 4.78 is 43.0. The fourth-order valence-corrected chi connectivity index (χ4v) is 1.90. The smallest absolute Gasteiger partial charge is 0.429 e. The van der Waals surface area contributed by atoms with E-state index in [0.717, 1.165) is 6.08 Å². The van der Waals surface area contributed by atoms with Gasteiger partial charge in [0, 0.05) is 11.1 Å². The monoisotopic (exact) mass is 280 g/mol. The SMILES string of the molecule is OC(O)C1=Cc2cccc(Cl)c2OC1C(F)(F)F. The Kier molecular flexibility index (Phi) is 3.27. The third kappa shape index (κ3) is 2.31. The number of aliphatic hydroxyl groups excluding tert-OH is 1. The Hall–Kier alpha value is -1.24. The molecular weight excluding hydrogens is 273 g/mol. The van der Waals surface area contributed by atoms with Crippen LogP contribution in [0.15, 0.2) is 23.8 Å². The highest BCUT2D eigenvalue weighted by atomic mass is 35.5. The second-order valence-electron chi connectivity index (χ2n) is 3.72. The van der Waals surface area contributed by atoms with Crippen molar-refractivity contribution in [3.8, 4) is 5.75 Å². The van der Waals surface area contributed by atoms with E-state index in [0.29, 0.717) is 0 Å². The fraction of sp³-hybridized carbons (Fsp3) is 0.273. The summed E-state index contributed by atoms with van der Waals surface area (Å²) >= 11 is 5.74. The van der Waals surface area contributed by atoms with Crippen LogP contribution < -0.4 is 4.74 Å².